The molecule has 3 heterocycles. The fourth-order valence-electron chi connectivity index (χ4n) is 3.10. The van der Waals surface area contributed by atoms with Crippen molar-refractivity contribution in [1.29, 1.82) is 0 Å². The maximum Gasteiger partial charge on any atom is 0.330 e. The molecule has 0 bridgehead atoms. The van der Waals surface area contributed by atoms with E-state index in [1.807, 2.05) is 37.3 Å². The summed E-state index contributed by atoms with van der Waals surface area (Å²) in [6, 6.07) is 9.54. The van der Waals surface area contributed by atoms with Crippen LogP contribution in [-0.2, 0) is 20.1 Å². The summed E-state index contributed by atoms with van der Waals surface area (Å²) in [6.07, 6.45) is 1.75. The molecule has 0 unspecified atom stereocenters. The average Bonchev–Trinajstić information content (AvgIpc) is 3.28. The molecule has 144 valence electrons. The lowest BCUT2D eigenvalue weighted by atomic mass is 10.2. The van der Waals surface area contributed by atoms with E-state index in [0.29, 0.717) is 29.4 Å². The summed E-state index contributed by atoms with van der Waals surface area (Å²) in [6.45, 7) is 2.77. The number of tetrazole rings is 1. The predicted molar refractivity (Wildman–Crippen MR) is 103 cm³/mol. The third kappa shape index (κ3) is 3.13. The largest absolute Gasteiger partial charge is 0.330 e. The lowest BCUT2D eigenvalue weighted by Gasteiger charge is -2.04. The van der Waals surface area contributed by atoms with E-state index in [2.05, 4.69) is 25.4 Å². The fraction of sp³-hybridized carbons (Fsp3) is 0.333. The minimum atomic E-state index is -0.453. The Morgan fingerprint density at radius 3 is 2.68 bits per heavy atom. The van der Waals surface area contributed by atoms with Gasteiger partial charge < -0.3 is 4.57 Å². The number of nitrogens with one attached hydrogen (secondary N) is 1. The first-order chi connectivity index (χ1) is 13.6. The van der Waals surface area contributed by atoms with Crippen molar-refractivity contribution >= 4 is 11.2 Å². The maximum atomic E-state index is 12.3. The Morgan fingerprint density at radius 1 is 1.14 bits per heavy atom. The number of aromatic amines is 1. The van der Waals surface area contributed by atoms with Gasteiger partial charge in [-0.2, -0.15) is 4.80 Å². The monoisotopic (exact) mass is 380 g/mol. The van der Waals surface area contributed by atoms with E-state index >= 15 is 0 Å². The van der Waals surface area contributed by atoms with Gasteiger partial charge in [0, 0.05) is 19.2 Å². The van der Waals surface area contributed by atoms with Crippen molar-refractivity contribution < 1.29 is 0 Å². The molecule has 10 heteroatoms. The van der Waals surface area contributed by atoms with Crippen LogP contribution in [0.3, 0.4) is 0 Å². The van der Waals surface area contributed by atoms with Gasteiger partial charge in [0.15, 0.2) is 11.2 Å². The van der Waals surface area contributed by atoms with Gasteiger partial charge in [-0.3, -0.25) is 14.3 Å². The number of rotatable bonds is 6. The molecule has 4 rings (SSSR count). The molecule has 0 saturated heterocycles. The van der Waals surface area contributed by atoms with E-state index < -0.39 is 11.2 Å². The first-order valence-corrected chi connectivity index (χ1v) is 9.10. The minimum Gasteiger partial charge on any atom is -0.324 e. The summed E-state index contributed by atoms with van der Waals surface area (Å²) in [5, 5.41) is 12.5. The normalized spacial score (nSPS) is 11.4. The number of aromatic nitrogens is 8. The van der Waals surface area contributed by atoms with E-state index in [0.717, 1.165) is 18.4 Å². The fourth-order valence-corrected chi connectivity index (χ4v) is 3.10. The molecule has 0 fully saturated rings. The molecule has 10 nitrogen and oxygen atoms in total. The molecule has 0 aliphatic carbocycles. The molecule has 0 atom stereocenters. The van der Waals surface area contributed by atoms with Crippen LogP contribution < -0.4 is 11.2 Å². The van der Waals surface area contributed by atoms with E-state index in [9.17, 15) is 9.59 Å². The second-order valence-corrected chi connectivity index (χ2v) is 6.53. The molecule has 0 amide bonds. The molecule has 0 aliphatic heterocycles. The first-order valence-electron chi connectivity index (χ1n) is 9.10. The van der Waals surface area contributed by atoms with Crippen LogP contribution in [0.2, 0.25) is 0 Å². The lowest BCUT2D eigenvalue weighted by molar-refractivity contribution is 0.544. The highest BCUT2D eigenvalue weighted by molar-refractivity contribution is 5.70. The predicted octanol–water partition coefficient (Wildman–Crippen LogP) is 0.925. The van der Waals surface area contributed by atoms with E-state index in [1.165, 1.54) is 9.36 Å². The molecule has 4 aromatic rings. The Bertz CT molecular complexity index is 1230. The smallest absolute Gasteiger partial charge is 0.324 e. The Kier molecular flexibility index (Phi) is 4.60. The highest BCUT2D eigenvalue weighted by atomic mass is 16.2. The van der Waals surface area contributed by atoms with Crippen molar-refractivity contribution in [3.05, 3.63) is 57.0 Å². The number of H-pyrrole nitrogens is 1. The zero-order valence-corrected chi connectivity index (χ0v) is 15.7. The molecular weight excluding hydrogens is 360 g/mol. The van der Waals surface area contributed by atoms with Gasteiger partial charge >= 0.3 is 5.69 Å². The van der Waals surface area contributed by atoms with Crippen molar-refractivity contribution in [2.45, 2.75) is 32.9 Å². The standard InChI is InChI=1S/C18H20N8O2/c1-3-4-10-25-16-14(17(27)20-18(25)28)24(2)13(19-16)11-26-22-15(21-23-26)12-8-6-5-7-9-12/h5-9H,3-4,10-11H2,1-2H3,(H,20,27,28). The van der Waals surface area contributed by atoms with Gasteiger partial charge in [-0.25, -0.2) is 9.78 Å². The SMILES string of the molecule is CCCCn1c(=O)[nH]c(=O)c2c1nc(Cn1nnc(-c3ccccc3)n1)n2C. The number of hydrogen-bond donors (Lipinski definition) is 1. The van der Waals surface area contributed by atoms with Crippen LogP contribution in [0.15, 0.2) is 39.9 Å². The number of fused-ring (bicyclic) bond motifs is 1. The van der Waals surface area contributed by atoms with Crippen LogP contribution in [0.5, 0.6) is 0 Å². The van der Waals surface area contributed by atoms with Crippen LogP contribution in [0.1, 0.15) is 25.6 Å². The van der Waals surface area contributed by atoms with Gasteiger partial charge in [-0.05, 0) is 11.6 Å². The second kappa shape index (κ2) is 7.22. The summed E-state index contributed by atoms with van der Waals surface area (Å²) in [4.78, 5) is 32.9. The van der Waals surface area contributed by atoms with E-state index in [4.69, 9.17) is 0 Å². The van der Waals surface area contributed by atoms with Gasteiger partial charge in [0.05, 0.1) is 0 Å². The third-order valence-electron chi connectivity index (χ3n) is 4.61. The number of hydrogen-bond acceptors (Lipinski definition) is 6. The van der Waals surface area contributed by atoms with Gasteiger partial charge in [0.2, 0.25) is 5.82 Å². The lowest BCUT2D eigenvalue weighted by Crippen LogP contribution is -2.31. The van der Waals surface area contributed by atoms with Crippen LogP contribution >= 0.6 is 0 Å². The number of imidazole rings is 1. The molecule has 1 aromatic carbocycles. The van der Waals surface area contributed by atoms with Gasteiger partial charge in [0.25, 0.3) is 5.56 Å². The van der Waals surface area contributed by atoms with Crippen molar-refractivity contribution in [2.24, 2.45) is 7.05 Å². The third-order valence-corrected chi connectivity index (χ3v) is 4.61. The van der Waals surface area contributed by atoms with E-state index in [-0.39, 0.29) is 6.54 Å². The number of aryl methyl sites for hydroxylation is 2. The minimum absolute atomic E-state index is 0.229. The second-order valence-electron chi connectivity index (χ2n) is 6.53. The first kappa shape index (κ1) is 17.8. The van der Waals surface area contributed by atoms with Crippen LogP contribution in [0.25, 0.3) is 22.6 Å². The summed E-state index contributed by atoms with van der Waals surface area (Å²) in [7, 11) is 1.74. The molecule has 3 aromatic heterocycles. The topological polar surface area (TPSA) is 116 Å². The molecule has 1 N–H and O–H groups in total. The average molecular weight is 380 g/mol. The summed E-state index contributed by atoms with van der Waals surface area (Å²) in [5.74, 6) is 1.07. The Hall–Kier alpha value is -3.56. The number of unbranched alkanes of at least 4 members (excludes halogenated alkanes) is 1. The van der Waals surface area contributed by atoms with Crippen LogP contribution in [0.4, 0.5) is 0 Å². The van der Waals surface area contributed by atoms with Gasteiger partial charge in [-0.1, -0.05) is 43.7 Å². The van der Waals surface area contributed by atoms with Crippen molar-refractivity contribution in [3.63, 3.8) is 0 Å². The zero-order chi connectivity index (χ0) is 19.7. The molecule has 0 saturated carbocycles. The van der Waals surface area contributed by atoms with Crippen molar-refractivity contribution in [1.82, 2.24) is 39.3 Å². The summed E-state index contributed by atoms with van der Waals surface area (Å²) < 4.78 is 3.18. The Balaban J connectivity index is 1.73. The molecule has 0 aliphatic rings. The zero-order valence-electron chi connectivity index (χ0n) is 15.7. The number of benzene rings is 1. The van der Waals surface area contributed by atoms with Gasteiger partial charge in [-0.15, -0.1) is 10.2 Å². The maximum absolute atomic E-state index is 12.3. The molecule has 0 spiro atoms. The summed E-state index contributed by atoms with van der Waals surface area (Å²) in [5.41, 5.74) is 0.701. The van der Waals surface area contributed by atoms with Crippen LogP contribution in [0, 0.1) is 0 Å². The molecule has 0 radical (unpaired) electrons. The summed E-state index contributed by atoms with van der Waals surface area (Å²) >= 11 is 0. The Labute approximate surface area is 159 Å². The van der Waals surface area contributed by atoms with Gasteiger partial charge in [0.1, 0.15) is 12.4 Å². The van der Waals surface area contributed by atoms with Crippen molar-refractivity contribution in [2.75, 3.05) is 0 Å². The van der Waals surface area contributed by atoms with E-state index in [1.54, 1.807) is 11.6 Å². The van der Waals surface area contributed by atoms with Crippen LogP contribution in [-0.4, -0.2) is 39.3 Å². The quantitative estimate of drug-likeness (QED) is 0.532. The molecular formula is C18H20N8O2. The van der Waals surface area contributed by atoms with Crippen molar-refractivity contribution in [3.8, 4) is 11.4 Å². The molecule has 28 heavy (non-hydrogen) atoms. The highest BCUT2D eigenvalue weighted by Gasteiger charge is 2.17. The number of nitrogens with zero attached hydrogens (tertiary/aromatic N) is 7. The highest BCUT2D eigenvalue weighted by Crippen LogP contribution is 2.14. The Morgan fingerprint density at radius 2 is 1.93 bits per heavy atom.